The summed E-state index contributed by atoms with van der Waals surface area (Å²) in [4.78, 5) is 14.2. The molecule has 0 saturated heterocycles. The fourth-order valence-corrected chi connectivity index (χ4v) is 0.601. The lowest BCUT2D eigenvalue weighted by atomic mass is 10.3. The Kier molecular flexibility index (Phi) is 1.33. The summed E-state index contributed by atoms with van der Waals surface area (Å²) in [5.74, 6) is -0.275. The Bertz CT molecular complexity index is 266. The number of nitrogens with two attached hydrogens (primary N) is 2. The summed E-state index contributed by atoms with van der Waals surface area (Å²) in [5.41, 5.74) is 10.4. The smallest absolute Gasteiger partial charge is 0.294 e. The van der Waals surface area contributed by atoms with Gasteiger partial charge in [-0.25, -0.2) is 0 Å². The highest BCUT2D eigenvalue weighted by atomic mass is 16.4. The third kappa shape index (κ3) is 0.928. The van der Waals surface area contributed by atoms with E-state index in [1.165, 1.54) is 6.92 Å². The summed E-state index contributed by atoms with van der Waals surface area (Å²) < 4.78 is 4.60. The highest BCUT2D eigenvalue weighted by molar-refractivity contribution is 5.96. The number of oxazole rings is 1. The van der Waals surface area contributed by atoms with Crippen molar-refractivity contribution >= 4 is 17.7 Å². The number of carbonyl (C=O) groups is 1. The molecule has 0 aliphatic heterocycles. The van der Waals surface area contributed by atoms with Crippen molar-refractivity contribution in [2.24, 2.45) is 0 Å². The van der Waals surface area contributed by atoms with Gasteiger partial charge in [0.2, 0.25) is 5.88 Å². The Hall–Kier alpha value is -1.52. The first-order valence-electron chi connectivity index (χ1n) is 2.64. The number of hydrogen-bond donors (Lipinski definition) is 2. The molecule has 0 saturated carbocycles. The zero-order valence-corrected chi connectivity index (χ0v) is 5.42. The van der Waals surface area contributed by atoms with Gasteiger partial charge in [-0.15, -0.1) is 0 Å². The van der Waals surface area contributed by atoms with Gasteiger partial charge in [0.25, 0.3) is 6.01 Å². The SMILES string of the molecule is CC(=O)c1nc(N)oc1N. The van der Waals surface area contributed by atoms with E-state index < -0.39 is 0 Å². The standard InChI is InChI=1S/C5H7N3O2/c1-2(9)3-4(6)10-5(7)8-3/h6H2,1H3,(H2,7,8). The first kappa shape index (κ1) is 6.60. The molecule has 0 unspecified atom stereocenters. The van der Waals surface area contributed by atoms with E-state index in [0.29, 0.717) is 0 Å². The van der Waals surface area contributed by atoms with Crippen molar-refractivity contribution in [3.8, 4) is 0 Å². The maximum absolute atomic E-state index is 10.6. The molecular weight excluding hydrogens is 134 g/mol. The number of rotatable bonds is 1. The average Bonchev–Trinajstić information content (AvgIpc) is 2.10. The number of ketones is 1. The largest absolute Gasteiger partial charge is 0.407 e. The van der Waals surface area contributed by atoms with Crippen LogP contribution in [0.5, 0.6) is 0 Å². The molecular formula is C5H7N3O2. The van der Waals surface area contributed by atoms with Gasteiger partial charge in [0.05, 0.1) is 0 Å². The van der Waals surface area contributed by atoms with E-state index in [9.17, 15) is 4.79 Å². The number of Topliss-reactive ketones (excluding diaryl/α,β-unsaturated/α-hetero) is 1. The van der Waals surface area contributed by atoms with Crippen LogP contribution in [-0.4, -0.2) is 10.8 Å². The van der Waals surface area contributed by atoms with Crippen LogP contribution in [0.25, 0.3) is 0 Å². The van der Waals surface area contributed by atoms with Gasteiger partial charge in [-0.2, -0.15) is 4.98 Å². The Morgan fingerprint density at radius 2 is 2.20 bits per heavy atom. The third-order valence-corrected chi connectivity index (χ3v) is 1.00. The summed E-state index contributed by atoms with van der Waals surface area (Å²) in [6.45, 7) is 1.34. The first-order valence-corrected chi connectivity index (χ1v) is 2.64. The molecule has 5 heteroatoms. The number of aromatic nitrogens is 1. The van der Waals surface area contributed by atoms with Crippen LogP contribution in [-0.2, 0) is 0 Å². The van der Waals surface area contributed by atoms with Crippen LogP contribution in [0.4, 0.5) is 11.9 Å². The highest BCUT2D eigenvalue weighted by Crippen LogP contribution is 2.14. The summed E-state index contributed by atoms with van der Waals surface area (Å²) in [7, 11) is 0. The predicted octanol–water partition coefficient (Wildman–Crippen LogP) is 0.0416. The van der Waals surface area contributed by atoms with Crippen LogP contribution in [0.3, 0.4) is 0 Å². The molecule has 0 aliphatic carbocycles. The second-order valence-electron chi connectivity index (χ2n) is 1.82. The van der Waals surface area contributed by atoms with Crippen LogP contribution >= 0.6 is 0 Å². The maximum atomic E-state index is 10.6. The van der Waals surface area contributed by atoms with Crippen molar-refractivity contribution in [3.05, 3.63) is 5.69 Å². The Morgan fingerprint density at radius 3 is 2.40 bits per heavy atom. The molecule has 1 heterocycles. The minimum atomic E-state index is -0.252. The molecule has 0 radical (unpaired) electrons. The molecule has 1 aromatic rings. The zero-order chi connectivity index (χ0) is 7.72. The van der Waals surface area contributed by atoms with Crippen molar-refractivity contribution in [1.29, 1.82) is 0 Å². The van der Waals surface area contributed by atoms with Gasteiger partial charge in [0, 0.05) is 6.92 Å². The molecule has 0 amide bonds. The van der Waals surface area contributed by atoms with Gasteiger partial charge in [-0.05, 0) is 0 Å². The number of hydrogen-bond acceptors (Lipinski definition) is 5. The van der Waals surface area contributed by atoms with Crippen molar-refractivity contribution in [2.45, 2.75) is 6.92 Å². The van der Waals surface area contributed by atoms with E-state index in [1.807, 2.05) is 0 Å². The molecule has 0 spiro atoms. The van der Waals surface area contributed by atoms with Crippen LogP contribution in [0.15, 0.2) is 4.42 Å². The lowest BCUT2D eigenvalue weighted by Gasteiger charge is -1.83. The first-order chi connectivity index (χ1) is 4.61. The van der Waals surface area contributed by atoms with Crippen LogP contribution in [0.2, 0.25) is 0 Å². The maximum Gasteiger partial charge on any atom is 0.294 e. The van der Waals surface area contributed by atoms with Crippen LogP contribution < -0.4 is 11.5 Å². The normalized spacial score (nSPS) is 9.70. The molecule has 1 rings (SSSR count). The van der Waals surface area contributed by atoms with Crippen LogP contribution in [0, 0.1) is 0 Å². The van der Waals surface area contributed by atoms with Crippen molar-refractivity contribution in [3.63, 3.8) is 0 Å². The lowest BCUT2D eigenvalue weighted by Crippen LogP contribution is -1.97. The van der Waals surface area contributed by atoms with Gasteiger partial charge in [0.15, 0.2) is 11.5 Å². The molecule has 0 atom stereocenters. The second kappa shape index (κ2) is 2.02. The van der Waals surface area contributed by atoms with Crippen molar-refractivity contribution in [2.75, 3.05) is 11.5 Å². The van der Waals surface area contributed by atoms with Gasteiger partial charge in [-0.1, -0.05) is 0 Å². The van der Waals surface area contributed by atoms with Gasteiger partial charge < -0.3 is 15.9 Å². The zero-order valence-electron chi connectivity index (χ0n) is 5.42. The van der Waals surface area contributed by atoms with Crippen LogP contribution in [0.1, 0.15) is 17.4 Å². The van der Waals surface area contributed by atoms with E-state index in [4.69, 9.17) is 11.5 Å². The second-order valence-corrected chi connectivity index (χ2v) is 1.82. The molecule has 5 nitrogen and oxygen atoms in total. The van der Waals surface area contributed by atoms with Crippen molar-refractivity contribution < 1.29 is 9.21 Å². The lowest BCUT2D eigenvalue weighted by molar-refractivity contribution is 0.101. The summed E-state index contributed by atoms with van der Waals surface area (Å²) in [5, 5.41) is 0. The quantitative estimate of drug-likeness (QED) is 0.538. The van der Waals surface area contributed by atoms with E-state index in [2.05, 4.69) is 9.40 Å². The minimum Gasteiger partial charge on any atom is -0.407 e. The van der Waals surface area contributed by atoms with E-state index in [-0.39, 0.29) is 23.4 Å². The number of nitrogens with zero attached hydrogens (tertiary/aromatic N) is 1. The monoisotopic (exact) mass is 141 g/mol. The molecule has 4 N–H and O–H groups in total. The molecule has 0 aliphatic rings. The summed E-state index contributed by atoms with van der Waals surface area (Å²) >= 11 is 0. The number of nitrogen functional groups attached to an aromatic ring is 2. The fourth-order valence-electron chi connectivity index (χ4n) is 0.601. The molecule has 10 heavy (non-hydrogen) atoms. The van der Waals surface area contributed by atoms with Gasteiger partial charge in [0.1, 0.15) is 0 Å². The molecule has 0 aromatic carbocycles. The topological polar surface area (TPSA) is 95.1 Å². The molecule has 0 bridgehead atoms. The van der Waals surface area contributed by atoms with Gasteiger partial charge >= 0.3 is 0 Å². The van der Waals surface area contributed by atoms with Crippen molar-refractivity contribution in [1.82, 2.24) is 4.98 Å². The summed E-state index contributed by atoms with van der Waals surface area (Å²) in [6.07, 6.45) is 0. The predicted molar refractivity (Wildman–Crippen MR) is 35.3 cm³/mol. The summed E-state index contributed by atoms with van der Waals surface area (Å²) in [6, 6.07) is -0.0808. The molecule has 0 fully saturated rings. The Labute approximate surface area is 57.0 Å². The number of carbonyl (C=O) groups excluding carboxylic acids is 1. The minimum absolute atomic E-state index is 0.0231. The fraction of sp³-hybridized carbons (Fsp3) is 0.200. The number of anilines is 2. The van der Waals surface area contributed by atoms with E-state index in [0.717, 1.165) is 0 Å². The Morgan fingerprint density at radius 1 is 1.60 bits per heavy atom. The van der Waals surface area contributed by atoms with E-state index in [1.54, 1.807) is 0 Å². The van der Waals surface area contributed by atoms with E-state index >= 15 is 0 Å². The third-order valence-electron chi connectivity index (χ3n) is 1.00. The molecule has 1 aromatic heterocycles. The van der Waals surface area contributed by atoms with Gasteiger partial charge in [-0.3, -0.25) is 4.79 Å². The molecule has 54 valence electrons. The average molecular weight is 141 g/mol. The Balaban J connectivity index is 3.15. The highest BCUT2D eigenvalue weighted by Gasteiger charge is 2.11.